The molecule has 108 valence electrons. The summed E-state index contributed by atoms with van der Waals surface area (Å²) in [6, 6.07) is 8.35. The second kappa shape index (κ2) is 7.00. The third-order valence-corrected chi connectivity index (χ3v) is 7.04. The van der Waals surface area contributed by atoms with E-state index in [0.29, 0.717) is 20.9 Å². The molecule has 0 aromatic heterocycles. The fourth-order valence-corrected chi connectivity index (χ4v) is 5.19. The number of hydrogen-bond donors (Lipinski definition) is 1. The van der Waals surface area contributed by atoms with Gasteiger partial charge in [-0.2, -0.15) is 0 Å². The Morgan fingerprint density at radius 2 is 2.20 bits per heavy atom. The van der Waals surface area contributed by atoms with Crippen LogP contribution in [-0.2, 0) is 11.2 Å². The zero-order chi connectivity index (χ0) is 14.6. The van der Waals surface area contributed by atoms with Crippen molar-refractivity contribution in [3.05, 3.63) is 34.9 Å². The number of aryl methyl sites for hydroxylation is 1. The van der Waals surface area contributed by atoms with Crippen LogP contribution in [0.15, 0.2) is 18.2 Å². The normalized spacial score (nSPS) is 16.8. The Labute approximate surface area is 133 Å². The van der Waals surface area contributed by atoms with Gasteiger partial charge in [-0.05, 0) is 0 Å². The Bertz CT molecular complexity index is 506. The van der Waals surface area contributed by atoms with Crippen molar-refractivity contribution in [3.8, 4) is 6.07 Å². The second-order valence-corrected chi connectivity index (χ2v) is 8.97. The third kappa shape index (κ3) is 4.02. The average Bonchev–Trinajstić information content (AvgIpc) is 2.41. The minimum atomic E-state index is 0.148. The number of hydrogen-bond acceptors (Lipinski definition) is 3. The number of rotatable bonds is 6. The predicted octanol–water partition coefficient (Wildman–Crippen LogP) is 3.46. The van der Waals surface area contributed by atoms with Crippen molar-refractivity contribution in [3.63, 3.8) is 0 Å². The van der Waals surface area contributed by atoms with Crippen LogP contribution in [0.4, 0.5) is 0 Å². The van der Waals surface area contributed by atoms with E-state index in [1.165, 1.54) is 21.8 Å². The van der Waals surface area contributed by atoms with Gasteiger partial charge >= 0.3 is 133 Å². The number of nitriles is 1. The number of benzene rings is 1. The minimum absolute atomic E-state index is 0.148. The van der Waals surface area contributed by atoms with Crippen molar-refractivity contribution in [1.82, 2.24) is 0 Å². The molecule has 1 heterocycles. The van der Waals surface area contributed by atoms with E-state index in [0.717, 1.165) is 25.2 Å². The van der Waals surface area contributed by atoms with Gasteiger partial charge in [0.2, 0.25) is 0 Å². The number of thiol groups is 1. The Morgan fingerprint density at radius 3 is 2.75 bits per heavy atom. The molecule has 2 rings (SSSR count). The van der Waals surface area contributed by atoms with Crippen molar-refractivity contribution in [1.29, 1.82) is 5.26 Å². The van der Waals surface area contributed by atoms with Crippen LogP contribution >= 0.6 is 12.6 Å². The van der Waals surface area contributed by atoms with Gasteiger partial charge in [-0.1, -0.05) is 0 Å². The first-order chi connectivity index (χ1) is 9.54. The Morgan fingerprint density at radius 1 is 1.45 bits per heavy atom. The fraction of sp³-hybridized carbons (Fsp3) is 0.562. The molecule has 0 N–H and O–H groups in total. The van der Waals surface area contributed by atoms with Crippen molar-refractivity contribution >= 4 is 27.6 Å². The number of ether oxygens (including phenoxy) is 1. The summed E-state index contributed by atoms with van der Waals surface area (Å²) >= 11 is 5.27. The maximum absolute atomic E-state index is 9.04. The van der Waals surface area contributed by atoms with Crippen LogP contribution < -0.4 is 0 Å². The molecule has 2 nitrogen and oxygen atoms in total. The monoisotopic (exact) mass is 355 g/mol. The van der Waals surface area contributed by atoms with Crippen LogP contribution in [0.1, 0.15) is 36.5 Å². The van der Waals surface area contributed by atoms with E-state index >= 15 is 0 Å². The summed E-state index contributed by atoms with van der Waals surface area (Å²) in [4.78, 5) is 0. The molecule has 0 saturated carbocycles. The zero-order valence-corrected chi connectivity index (χ0v) is 14.7. The van der Waals surface area contributed by atoms with E-state index < -0.39 is 0 Å². The standard InChI is InChI=1S/C16H21NOSSe/c1-12(2)15-4-3-13(8-17)7-14(15)5-6-20-11-16(19)9-18-10-16/h3-4,7,12,19H,5-6,9-11H2,1-2H3. The molecule has 0 atom stereocenters. The second-order valence-electron chi connectivity index (χ2n) is 5.70. The molecule has 1 aromatic rings. The van der Waals surface area contributed by atoms with Gasteiger partial charge in [0.25, 0.3) is 0 Å². The maximum atomic E-state index is 9.04. The van der Waals surface area contributed by atoms with Crippen molar-refractivity contribution in [2.75, 3.05) is 13.2 Å². The van der Waals surface area contributed by atoms with Crippen molar-refractivity contribution in [2.45, 2.75) is 41.6 Å². The van der Waals surface area contributed by atoms with Gasteiger partial charge in [0, 0.05) is 0 Å². The van der Waals surface area contributed by atoms with Crippen LogP contribution in [0.2, 0.25) is 10.6 Å². The van der Waals surface area contributed by atoms with Crippen LogP contribution in [0, 0.1) is 11.3 Å². The molecule has 1 aliphatic heterocycles. The molecule has 0 unspecified atom stereocenters. The summed E-state index contributed by atoms with van der Waals surface area (Å²) in [6.07, 6.45) is 1.08. The van der Waals surface area contributed by atoms with E-state index in [1.807, 2.05) is 6.07 Å². The van der Waals surface area contributed by atoms with Gasteiger partial charge in [-0.3, -0.25) is 0 Å². The summed E-state index contributed by atoms with van der Waals surface area (Å²) in [5.74, 6) is 0.515. The molecule has 0 aliphatic carbocycles. The predicted molar refractivity (Wildman–Crippen MR) is 86.9 cm³/mol. The first-order valence-corrected chi connectivity index (χ1v) is 9.82. The van der Waals surface area contributed by atoms with Gasteiger partial charge in [-0.15, -0.1) is 0 Å². The first kappa shape index (κ1) is 15.9. The van der Waals surface area contributed by atoms with E-state index in [2.05, 4.69) is 44.7 Å². The van der Waals surface area contributed by atoms with Gasteiger partial charge in [-0.25, -0.2) is 0 Å². The summed E-state index contributed by atoms with van der Waals surface area (Å²) in [6.45, 7) is 6.03. The van der Waals surface area contributed by atoms with Gasteiger partial charge in [0.05, 0.1) is 0 Å². The van der Waals surface area contributed by atoms with Gasteiger partial charge in [0.1, 0.15) is 0 Å². The zero-order valence-electron chi connectivity index (χ0n) is 12.1. The van der Waals surface area contributed by atoms with E-state index in [-0.39, 0.29) is 4.75 Å². The van der Waals surface area contributed by atoms with Crippen LogP contribution in [0.5, 0.6) is 0 Å². The summed E-state index contributed by atoms with van der Waals surface area (Å²) in [5, 5.41) is 11.4. The van der Waals surface area contributed by atoms with Crippen LogP contribution in [-0.4, -0.2) is 32.9 Å². The fourth-order valence-electron chi connectivity index (χ4n) is 2.32. The molecule has 0 spiro atoms. The summed E-state index contributed by atoms with van der Waals surface area (Å²) in [5.41, 5.74) is 3.50. The molecule has 4 heteroatoms. The molecule has 0 amide bonds. The Balaban J connectivity index is 1.92. The Kier molecular flexibility index (Phi) is 5.57. The Hall–Kier alpha value is -0.461. The first-order valence-electron chi connectivity index (χ1n) is 6.95. The molecule has 0 bridgehead atoms. The quantitative estimate of drug-likeness (QED) is 0.482. The number of nitrogens with zero attached hydrogens (tertiary/aromatic N) is 1. The molecule has 1 aliphatic rings. The van der Waals surface area contributed by atoms with E-state index in [4.69, 9.17) is 10.00 Å². The molecular formula is C16H21NOSSe. The van der Waals surface area contributed by atoms with Gasteiger partial charge < -0.3 is 0 Å². The average molecular weight is 354 g/mol. The molecular weight excluding hydrogens is 333 g/mol. The molecule has 20 heavy (non-hydrogen) atoms. The topological polar surface area (TPSA) is 33.0 Å². The SMILES string of the molecule is CC(C)c1ccc(C#N)cc1CC[Se]CC1(S)COC1. The summed E-state index contributed by atoms with van der Waals surface area (Å²) < 4.78 is 5.38. The van der Waals surface area contributed by atoms with E-state index in [1.54, 1.807) is 0 Å². The van der Waals surface area contributed by atoms with E-state index in [9.17, 15) is 0 Å². The summed E-state index contributed by atoms with van der Waals surface area (Å²) in [7, 11) is 0. The molecule has 0 radical (unpaired) electrons. The van der Waals surface area contributed by atoms with Crippen molar-refractivity contribution in [2.24, 2.45) is 0 Å². The molecule has 1 aromatic carbocycles. The van der Waals surface area contributed by atoms with Crippen molar-refractivity contribution < 1.29 is 4.74 Å². The molecule has 1 saturated heterocycles. The van der Waals surface area contributed by atoms with Crippen LogP contribution in [0.3, 0.4) is 0 Å². The van der Waals surface area contributed by atoms with Gasteiger partial charge in [0.15, 0.2) is 0 Å². The third-order valence-electron chi connectivity index (χ3n) is 3.52. The van der Waals surface area contributed by atoms with Crippen LogP contribution in [0.25, 0.3) is 0 Å². The molecule has 1 fully saturated rings.